The highest BCUT2D eigenvalue weighted by atomic mass is 15.3. The number of aromatic nitrogens is 1. The molecule has 0 radical (unpaired) electrons. The minimum absolute atomic E-state index is 0.391. The SMILES string of the molecule is Cc1ccc(NC(=NC2CCCC2)NN)c(C)n1. The summed E-state index contributed by atoms with van der Waals surface area (Å²) in [6.07, 6.45) is 4.82. The van der Waals surface area contributed by atoms with Gasteiger partial charge in [0.15, 0.2) is 0 Å². The smallest absolute Gasteiger partial charge is 0.210 e. The first-order valence-electron chi connectivity index (χ1n) is 6.44. The summed E-state index contributed by atoms with van der Waals surface area (Å²) in [7, 11) is 0. The zero-order valence-electron chi connectivity index (χ0n) is 11.0. The number of anilines is 1. The van der Waals surface area contributed by atoms with E-state index in [2.05, 4.69) is 20.7 Å². The molecule has 1 aromatic rings. The van der Waals surface area contributed by atoms with Crippen molar-refractivity contribution in [3.05, 3.63) is 23.5 Å². The zero-order chi connectivity index (χ0) is 13.0. The second-order valence-electron chi connectivity index (χ2n) is 4.77. The topological polar surface area (TPSA) is 75.3 Å². The van der Waals surface area contributed by atoms with E-state index in [-0.39, 0.29) is 0 Å². The summed E-state index contributed by atoms with van der Waals surface area (Å²) in [4.78, 5) is 9.00. The van der Waals surface area contributed by atoms with Gasteiger partial charge in [0, 0.05) is 5.69 Å². The monoisotopic (exact) mass is 247 g/mol. The van der Waals surface area contributed by atoms with E-state index in [1.54, 1.807) is 0 Å². The molecule has 4 N–H and O–H groups in total. The minimum Gasteiger partial charge on any atom is -0.324 e. The number of rotatable bonds is 2. The second kappa shape index (κ2) is 5.82. The Morgan fingerprint density at radius 3 is 2.67 bits per heavy atom. The van der Waals surface area contributed by atoms with E-state index in [1.807, 2.05) is 26.0 Å². The molecule has 98 valence electrons. The molecule has 0 spiro atoms. The number of nitrogens with zero attached hydrogens (tertiary/aromatic N) is 2. The van der Waals surface area contributed by atoms with E-state index in [0.29, 0.717) is 12.0 Å². The van der Waals surface area contributed by atoms with Gasteiger partial charge in [0.05, 0.1) is 17.4 Å². The van der Waals surface area contributed by atoms with Gasteiger partial charge in [0.1, 0.15) is 0 Å². The van der Waals surface area contributed by atoms with Crippen LogP contribution < -0.4 is 16.6 Å². The van der Waals surface area contributed by atoms with Crippen LogP contribution in [0.5, 0.6) is 0 Å². The Balaban J connectivity index is 2.09. The molecule has 0 saturated heterocycles. The Kier molecular flexibility index (Phi) is 4.15. The van der Waals surface area contributed by atoms with Gasteiger partial charge in [-0.05, 0) is 38.8 Å². The molecule has 1 aromatic heterocycles. The number of nitrogens with two attached hydrogens (primary N) is 1. The van der Waals surface area contributed by atoms with Gasteiger partial charge in [0.25, 0.3) is 0 Å². The lowest BCUT2D eigenvalue weighted by Gasteiger charge is -2.13. The highest BCUT2D eigenvalue weighted by Crippen LogP contribution is 2.21. The van der Waals surface area contributed by atoms with Crippen molar-refractivity contribution in [2.75, 3.05) is 5.32 Å². The van der Waals surface area contributed by atoms with E-state index in [4.69, 9.17) is 5.84 Å². The molecule has 1 heterocycles. The first kappa shape index (κ1) is 12.8. The van der Waals surface area contributed by atoms with Gasteiger partial charge >= 0.3 is 0 Å². The Bertz CT molecular complexity index is 435. The molecule has 1 aliphatic carbocycles. The van der Waals surface area contributed by atoms with Crippen molar-refractivity contribution in [2.24, 2.45) is 10.8 Å². The highest BCUT2D eigenvalue weighted by Gasteiger charge is 2.14. The fraction of sp³-hybridized carbons (Fsp3) is 0.538. The number of aryl methyl sites for hydroxylation is 2. The average Bonchev–Trinajstić information content (AvgIpc) is 2.84. The number of guanidine groups is 1. The van der Waals surface area contributed by atoms with Crippen LogP contribution in [0.4, 0.5) is 5.69 Å². The van der Waals surface area contributed by atoms with Gasteiger partial charge in [-0.15, -0.1) is 0 Å². The number of hydrogen-bond acceptors (Lipinski definition) is 3. The van der Waals surface area contributed by atoms with Gasteiger partial charge < -0.3 is 5.32 Å². The number of hydrogen-bond donors (Lipinski definition) is 3. The molecule has 0 amide bonds. The molecule has 0 aromatic carbocycles. The largest absolute Gasteiger partial charge is 0.324 e. The van der Waals surface area contributed by atoms with Gasteiger partial charge in [-0.25, -0.2) is 10.8 Å². The van der Waals surface area contributed by atoms with Crippen LogP contribution in [0.3, 0.4) is 0 Å². The maximum Gasteiger partial charge on any atom is 0.210 e. The third kappa shape index (κ3) is 3.20. The summed E-state index contributed by atoms with van der Waals surface area (Å²) in [5.74, 6) is 6.14. The van der Waals surface area contributed by atoms with E-state index >= 15 is 0 Å². The van der Waals surface area contributed by atoms with E-state index in [0.717, 1.165) is 29.9 Å². The molecule has 18 heavy (non-hydrogen) atoms. The molecule has 1 aliphatic rings. The van der Waals surface area contributed by atoms with Crippen molar-refractivity contribution in [1.82, 2.24) is 10.4 Å². The molecule has 5 nitrogen and oxygen atoms in total. The third-order valence-electron chi connectivity index (χ3n) is 3.25. The van der Waals surface area contributed by atoms with Crippen LogP contribution in [0.25, 0.3) is 0 Å². The fourth-order valence-corrected chi connectivity index (χ4v) is 2.27. The molecule has 0 aliphatic heterocycles. The molecule has 1 saturated carbocycles. The fourth-order valence-electron chi connectivity index (χ4n) is 2.27. The highest BCUT2D eigenvalue weighted by molar-refractivity contribution is 5.93. The predicted molar refractivity (Wildman–Crippen MR) is 74.3 cm³/mol. The normalized spacial score (nSPS) is 16.9. The summed E-state index contributed by atoms with van der Waals surface area (Å²) in [6.45, 7) is 3.95. The van der Waals surface area contributed by atoms with Crippen LogP contribution in [0, 0.1) is 13.8 Å². The molecular weight excluding hydrogens is 226 g/mol. The maximum atomic E-state index is 5.51. The average molecular weight is 247 g/mol. The van der Waals surface area contributed by atoms with Gasteiger partial charge in [0.2, 0.25) is 5.96 Å². The maximum absolute atomic E-state index is 5.51. The molecule has 1 fully saturated rings. The lowest BCUT2D eigenvalue weighted by atomic mass is 10.2. The number of pyridine rings is 1. The standard InChI is InChI=1S/C13H21N5/c1-9-7-8-12(10(2)15-9)17-13(18-14)16-11-5-3-4-6-11/h7-8,11H,3-6,14H2,1-2H3,(H2,16,17,18). The van der Waals surface area contributed by atoms with Crippen LogP contribution in [-0.2, 0) is 0 Å². The molecule has 0 atom stereocenters. The van der Waals surface area contributed by atoms with Crippen LogP contribution in [0.2, 0.25) is 0 Å². The quantitative estimate of drug-likeness (QED) is 0.323. The van der Waals surface area contributed by atoms with Crippen LogP contribution >= 0.6 is 0 Å². The molecular formula is C13H21N5. The Labute approximate surface area is 108 Å². The van der Waals surface area contributed by atoms with Crippen molar-refractivity contribution in [3.8, 4) is 0 Å². The van der Waals surface area contributed by atoms with Gasteiger partial charge in [-0.3, -0.25) is 10.4 Å². The first-order chi connectivity index (χ1) is 8.69. The lowest BCUT2D eigenvalue weighted by molar-refractivity contribution is 0.700. The third-order valence-corrected chi connectivity index (χ3v) is 3.25. The van der Waals surface area contributed by atoms with Crippen LogP contribution in [0.1, 0.15) is 37.1 Å². The summed E-state index contributed by atoms with van der Waals surface area (Å²) in [5.41, 5.74) is 5.53. The second-order valence-corrected chi connectivity index (χ2v) is 4.77. The zero-order valence-corrected chi connectivity index (χ0v) is 11.0. The number of aliphatic imine (C=N–C) groups is 1. The molecule has 0 bridgehead atoms. The Morgan fingerprint density at radius 2 is 2.06 bits per heavy atom. The van der Waals surface area contributed by atoms with E-state index < -0.39 is 0 Å². The summed E-state index contributed by atoms with van der Waals surface area (Å²) < 4.78 is 0. The summed E-state index contributed by atoms with van der Waals surface area (Å²) in [5, 5.41) is 3.20. The molecule has 0 unspecified atom stereocenters. The molecule has 2 rings (SSSR count). The number of nitrogens with one attached hydrogen (secondary N) is 2. The summed E-state index contributed by atoms with van der Waals surface area (Å²) >= 11 is 0. The first-order valence-corrected chi connectivity index (χ1v) is 6.44. The van der Waals surface area contributed by atoms with Crippen molar-refractivity contribution in [3.63, 3.8) is 0 Å². The lowest BCUT2D eigenvalue weighted by Crippen LogP contribution is -2.37. The van der Waals surface area contributed by atoms with Gasteiger partial charge in [-0.1, -0.05) is 12.8 Å². The van der Waals surface area contributed by atoms with Gasteiger partial charge in [-0.2, -0.15) is 0 Å². The van der Waals surface area contributed by atoms with Crippen molar-refractivity contribution < 1.29 is 0 Å². The van der Waals surface area contributed by atoms with E-state index in [9.17, 15) is 0 Å². The van der Waals surface area contributed by atoms with Crippen molar-refractivity contribution in [2.45, 2.75) is 45.6 Å². The van der Waals surface area contributed by atoms with Crippen LogP contribution in [-0.4, -0.2) is 17.0 Å². The van der Waals surface area contributed by atoms with E-state index in [1.165, 1.54) is 12.8 Å². The summed E-state index contributed by atoms with van der Waals surface area (Å²) in [6, 6.07) is 4.36. The predicted octanol–water partition coefficient (Wildman–Crippen LogP) is 1.87. The Hall–Kier alpha value is -1.62. The molecule has 5 heteroatoms. The number of hydrazine groups is 1. The minimum atomic E-state index is 0.391. The van der Waals surface area contributed by atoms with Crippen molar-refractivity contribution in [1.29, 1.82) is 0 Å². The van der Waals surface area contributed by atoms with Crippen LogP contribution in [0.15, 0.2) is 17.1 Å². The Morgan fingerprint density at radius 1 is 1.33 bits per heavy atom. The van der Waals surface area contributed by atoms with Crippen molar-refractivity contribution >= 4 is 11.6 Å².